The van der Waals surface area contributed by atoms with E-state index in [1.807, 2.05) is 189 Å². The van der Waals surface area contributed by atoms with Crippen molar-refractivity contribution >= 4 is 26.2 Å². The van der Waals surface area contributed by atoms with Gasteiger partial charge in [-0.3, -0.25) is 14.4 Å². The summed E-state index contributed by atoms with van der Waals surface area (Å²) in [4.78, 5) is 41.2. The molecule has 0 amide bonds. The molecule has 92 heavy (non-hydrogen) atoms. The van der Waals surface area contributed by atoms with E-state index in [-0.39, 0.29) is 64.5 Å². The molecule has 3 fully saturated rings. The molecule has 19 heteroatoms. The second kappa shape index (κ2) is 34.0. The van der Waals surface area contributed by atoms with Gasteiger partial charge in [0.25, 0.3) is 0 Å². The van der Waals surface area contributed by atoms with E-state index in [9.17, 15) is 14.4 Å². The van der Waals surface area contributed by atoms with E-state index < -0.39 is 118 Å². The third kappa shape index (κ3) is 20.0. The van der Waals surface area contributed by atoms with E-state index in [1.54, 1.807) is 0 Å². The predicted molar refractivity (Wildman–Crippen MR) is 343 cm³/mol. The third-order valence-electron chi connectivity index (χ3n) is 16.8. The molecule has 494 valence electrons. The Kier molecular flexibility index (Phi) is 25.8. The smallest absolute Gasteiger partial charge is 0.303 e. The first-order chi connectivity index (χ1) is 44.4. The molecule has 0 spiro atoms. The lowest BCUT2D eigenvalue weighted by Crippen LogP contribution is -2.69. The van der Waals surface area contributed by atoms with Gasteiger partial charge in [-0.05, 0) is 58.4 Å². The van der Waals surface area contributed by atoms with Gasteiger partial charge in [0.15, 0.2) is 45.3 Å². The van der Waals surface area contributed by atoms with Crippen molar-refractivity contribution < 1.29 is 85.1 Å². The second-order valence-electron chi connectivity index (χ2n) is 25.0. The zero-order valence-corrected chi connectivity index (χ0v) is 55.2. The summed E-state index contributed by atoms with van der Waals surface area (Å²) in [5.41, 5.74) is 5.25. The van der Waals surface area contributed by atoms with Gasteiger partial charge in [0.1, 0.15) is 42.7 Å². The lowest BCUT2D eigenvalue weighted by Gasteiger charge is -2.52. The highest BCUT2D eigenvalue weighted by atomic mass is 28.4. The van der Waals surface area contributed by atoms with Crippen LogP contribution in [0.4, 0.5) is 0 Å². The van der Waals surface area contributed by atoms with Gasteiger partial charge in [0.05, 0.1) is 71.7 Å². The molecule has 0 radical (unpaired) electrons. The Bertz CT molecular complexity index is 3140. The lowest BCUT2D eigenvalue weighted by molar-refractivity contribution is -0.388. The van der Waals surface area contributed by atoms with Crippen LogP contribution in [0.5, 0.6) is 0 Å². The van der Waals surface area contributed by atoms with Crippen molar-refractivity contribution in [3.05, 3.63) is 215 Å². The molecule has 0 aliphatic carbocycles. The number of ether oxygens (including phenoxy) is 14. The minimum absolute atomic E-state index is 0.0335. The van der Waals surface area contributed by atoms with E-state index in [4.69, 9.17) is 70.7 Å². The van der Waals surface area contributed by atoms with Crippen molar-refractivity contribution in [1.82, 2.24) is 0 Å². The predicted octanol–water partition coefficient (Wildman–Crippen LogP) is 11.6. The quantitative estimate of drug-likeness (QED) is 0.0235. The standard InChI is InChI=1S/C73H90O18Si/c1-49-62(91-92(8,9)73(5,6)7)66(63(80-43-56-34-22-13-23-35-56)59(83-49)46-77-40-53-28-16-10-17-29-53)89-72-70(68(85-51(3)75)65(82-45-58-38-26-15-27-39-58)61(88-72)48-79-42-55-32-20-12-21-33-55)90-71-69(86-52(4)76)67(84-50(2)74)64(81-44-57-36-24-14-25-37-57)60(87-71)47-78-41-54-30-18-11-19-31-54/h10-39,49,59-72H,40-48H2,1-9H3/t49-,59?,60?,61?,62?,63-,64+,65+,66-,67?,68?,69?,70?,71-,72-/m1/s1. The first kappa shape index (κ1) is 69.8. The van der Waals surface area contributed by atoms with Gasteiger partial charge in [0, 0.05) is 20.8 Å². The van der Waals surface area contributed by atoms with Crippen LogP contribution in [0.3, 0.4) is 0 Å². The highest BCUT2D eigenvalue weighted by molar-refractivity contribution is 6.74. The summed E-state index contributed by atoms with van der Waals surface area (Å²) in [6.07, 6.45) is -17.7. The number of carbonyl (C=O) groups excluding carboxylic acids is 3. The minimum atomic E-state index is -2.74. The summed E-state index contributed by atoms with van der Waals surface area (Å²) < 4.78 is 103. The SMILES string of the molecule is CC(=O)OC1C(OC(C)=O)[C@@H](OCc2ccccc2)C(COCc2ccccc2)O[C@@H]1OC1C(OC(C)=O)[C@@H](OCc2ccccc2)C(COCc2ccccc2)O[C@@H]1O[C@@H]1C(O[Si](C)(C)C(C)(C)C)[C@@H](C)OC(COCc2ccccc2)[C@H]1OCc1ccccc1. The van der Waals surface area contributed by atoms with E-state index in [0.717, 1.165) is 33.4 Å². The summed E-state index contributed by atoms with van der Waals surface area (Å²) >= 11 is 0. The summed E-state index contributed by atoms with van der Waals surface area (Å²) in [5, 5.41) is -0.294. The molecule has 0 aromatic heterocycles. The van der Waals surface area contributed by atoms with Crippen molar-refractivity contribution in [3.8, 4) is 0 Å². The van der Waals surface area contributed by atoms with Crippen LogP contribution in [-0.2, 0) is 125 Å². The maximum absolute atomic E-state index is 14.0. The Morgan fingerprint density at radius 2 is 0.652 bits per heavy atom. The highest BCUT2D eigenvalue weighted by Gasteiger charge is 2.59. The Morgan fingerprint density at radius 1 is 0.370 bits per heavy atom. The Morgan fingerprint density at radius 3 is 0.989 bits per heavy atom. The van der Waals surface area contributed by atoms with E-state index >= 15 is 0 Å². The van der Waals surface area contributed by atoms with E-state index in [0.29, 0.717) is 0 Å². The second-order valence-corrected chi connectivity index (χ2v) is 29.8. The van der Waals surface area contributed by atoms with Crippen LogP contribution in [0, 0.1) is 0 Å². The van der Waals surface area contributed by atoms with Crippen molar-refractivity contribution in [2.24, 2.45) is 0 Å². The maximum atomic E-state index is 14.0. The van der Waals surface area contributed by atoms with E-state index in [1.165, 1.54) is 20.8 Å². The van der Waals surface area contributed by atoms with Gasteiger partial charge in [0.2, 0.25) is 0 Å². The largest absolute Gasteiger partial charge is 0.457 e. The number of esters is 3. The molecule has 9 rings (SSSR count). The fourth-order valence-electron chi connectivity index (χ4n) is 11.2. The topological polar surface area (TPSA) is 190 Å². The van der Waals surface area contributed by atoms with Gasteiger partial charge in [-0.15, -0.1) is 0 Å². The van der Waals surface area contributed by atoms with Crippen molar-refractivity contribution in [1.29, 1.82) is 0 Å². The number of rotatable bonds is 30. The van der Waals surface area contributed by atoms with Crippen LogP contribution >= 0.6 is 0 Å². The van der Waals surface area contributed by atoms with Gasteiger partial charge in [-0.1, -0.05) is 203 Å². The summed E-state index contributed by atoms with van der Waals surface area (Å²) in [6.45, 7) is 17.2. The minimum Gasteiger partial charge on any atom is -0.457 e. The van der Waals surface area contributed by atoms with Crippen molar-refractivity contribution in [2.45, 2.75) is 198 Å². The molecule has 0 saturated carbocycles. The molecule has 0 bridgehead atoms. The van der Waals surface area contributed by atoms with Crippen LogP contribution < -0.4 is 0 Å². The number of hydrogen-bond acceptors (Lipinski definition) is 18. The molecule has 18 nitrogen and oxygen atoms in total. The number of hydrogen-bond donors (Lipinski definition) is 0. The van der Waals surface area contributed by atoms with Crippen molar-refractivity contribution in [3.63, 3.8) is 0 Å². The van der Waals surface area contributed by atoms with Gasteiger partial charge < -0.3 is 70.7 Å². The highest BCUT2D eigenvalue weighted by Crippen LogP contribution is 2.43. The first-order valence-corrected chi connectivity index (χ1v) is 34.6. The molecule has 3 saturated heterocycles. The zero-order chi connectivity index (χ0) is 65.0. The van der Waals surface area contributed by atoms with Crippen LogP contribution in [-0.4, -0.2) is 138 Å². The lowest BCUT2D eigenvalue weighted by atomic mass is 9.94. The molecule has 15 atom stereocenters. The average Bonchev–Trinajstić information content (AvgIpc) is 0.772. The molecule has 6 aromatic rings. The molecule has 3 aliphatic heterocycles. The summed E-state index contributed by atoms with van der Waals surface area (Å²) in [6, 6.07) is 57.9. The fourth-order valence-corrected chi connectivity index (χ4v) is 12.6. The Hall–Kier alpha value is -6.53. The fraction of sp³-hybridized carbons (Fsp3) is 0.466. The number of benzene rings is 6. The van der Waals surface area contributed by atoms with Gasteiger partial charge in [-0.2, -0.15) is 0 Å². The Labute approximate surface area is 542 Å². The van der Waals surface area contributed by atoms with Crippen LogP contribution in [0.25, 0.3) is 0 Å². The molecule has 6 aromatic carbocycles. The van der Waals surface area contributed by atoms with E-state index in [2.05, 4.69) is 33.9 Å². The third-order valence-corrected chi connectivity index (χ3v) is 21.3. The molecule has 3 aliphatic rings. The molecular weight excluding hydrogens is 1190 g/mol. The summed E-state index contributed by atoms with van der Waals surface area (Å²) in [7, 11) is -2.74. The molecule has 8 unspecified atom stereocenters. The van der Waals surface area contributed by atoms with Crippen molar-refractivity contribution in [2.75, 3.05) is 19.8 Å². The van der Waals surface area contributed by atoms with Gasteiger partial charge >= 0.3 is 17.9 Å². The monoisotopic (exact) mass is 1280 g/mol. The molecular formula is C73H90O18Si. The van der Waals surface area contributed by atoms with Crippen LogP contribution in [0.2, 0.25) is 18.1 Å². The first-order valence-electron chi connectivity index (χ1n) is 31.7. The molecule has 0 N–H and O–H groups in total. The normalized spacial score (nSPS) is 26.8. The Balaban J connectivity index is 1.18. The number of carbonyl (C=O) groups is 3. The van der Waals surface area contributed by atoms with Crippen LogP contribution in [0.1, 0.15) is 81.8 Å². The van der Waals surface area contributed by atoms with Gasteiger partial charge in [-0.25, -0.2) is 0 Å². The zero-order valence-electron chi connectivity index (χ0n) is 54.2. The summed E-state index contributed by atoms with van der Waals surface area (Å²) in [5.74, 6) is -2.15. The average molecular weight is 1280 g/mol. The van der Waals surface area contributed by atoms with Crippen LogP contribution in [0.15, 0.2) is 182 Å². The molecule has 3 heterocycles. The maximum Gasteiger partial charge on any atom is 0.303 e.